The lowest BCUT2D eigenvalue weighted by Gasteiger charge is -2.24. The number of rotatable bonds is 4. The van der Waals surface area contributed by atoms with Crippen LogP contribution >= 0.6 is 7.49 Å². The first kappa shape index (κ1) is 15.5. The lowest BCUT2D eigenvalue weighted by atomic mass is 10.4. The van der Waals surface area contributed by atoms with Crippen LogP contribution in [0.15, 0.2) is 91.0 Å². The van der Waals surface area contributed by atoms with Crippen molar-refractivity contribution in [3.8, 4) is 0 Å². The van der Waals surface area contributed by atoms with Gasteiger partial charge in [-0.1, -0.05) is 54.6 Å². The van der Waals surface area contributed by atoms with Crippen molar-refractivity contribution >= 4 is 29.4 Å². The molecule has 0 amide bonds. The summed E-state index contributed by atoms with van der Waals surface area (Å²) in [5, 5.41) is 3.10. The Morgan fingerprint density at radius 1 is 0.652 bits per heavy atom. The van der Waals surface area contributed by atoms with Gasteiger partial charge in [0.05, 0.1) is 0 Å². The van der Waals surface area contributed by atoms with E-state index in [0.717, 1.165) is 15.9 Å². The zero-order chi connectivity index (χ0) is 16.1. The maximum absolute atomic E-state index is 12.0. The highest BCUT2D eigenvalue weighted by atomic mass is 31.2. The Morgan fingerprint density at radius 2 is 0.957 bits per heavy atom. The van der Waals surface area contributed by atoms with Crippen molar-refractivity contribution in [3.05, 3.63) is 91.0 Å². The highest BCUT2D eigenvalue weighted by molar-refractivity contribution is 7.92. The third kappa shape index (κ3) is 3.04. The zero-order valence-electron chi connectivity index (χ0n) is 12.9. The molecule has 0 N–H and O–H groups in total. The summed E-state index contributed by atoms with van der Waals surface area (Å²) < 4.78 is 6.07. The molecule has 0 radical (unpaired) electrons. The van der Waals surface area contributed by atoms with Gasteiger partial charge >= 0.3 is 5.97 Å². The van der Waals surface area contributed by atoms with Gasteiger partial charge in [0.1, 0.15) is 15.9 Å². The third-order valence-corrected chi connectivity index (χ3v) is 7.23. The minimum atomic E-state index is -2.46. The molecule has 0 aliphatic heterocycles. The van der Waals surface area contributed by atoms with Crippen LogP contribution in [0, 0.1) is 0 Å². The van der Waals surface area contributed by atoms with Crippen molar-refractivity contribution in [3.63, 3.8) is 0 Å². The fourth-order valence-corrected chi connectivity index (χ4v) is 6.08. The molecule has 0 aromatic heterocycles. The molecule has 2 nitrogen and oxygen atoms in total. The van der Waals surface area contributed by atoms with Crippen LogP contribution < -0.4 is 15.9 Å². The summed E-state index contributed by atoms with van der Waals surface area (Å²) in [5.41, 5.74) is 0. The smallest absolute Gasteiger partial charge is 0.297 e. The first-order valence-electron chi connectivity index (χ1n) is 7.49. The van der Waals surface area contributed by atoms with E-state index in [-0.39, 0.29) is 5.97 Å². The van der Waals surface area contributed by atoms with E-state index in [1.54, 1.807) is 0 Å². The average Bonchev–Trinajstić information content (AvgIpc) is 2.62. The summed E-state index contributed by atoms with van der Waals surface area (Å²) in [5.74, 6) is -0.269. The Bertz CT molecular complexity index is 674. The van der Waals surface area contributed by atoms with Gasteiger partial charge in [-0.25, -0.2) is 4.79 Å². The van der Waals surface area contributed by atoms with Gasteiger partial charge in [-0.2, -0.15) is 0 Å². The Hall–Kier alpha value is -2.44. The van der Waals surface area contributed by atoms with Crippen molar-refractivity contribution in [2.24, 2.45) is 0 Å². The SMILES string of the molecule is CC(=O)O[P+](c1ccccc1)(c1ccccc1)c1ccccc1. The Kier molecular flexibility index (Phi) is 4.55. The van der Waals surface area contributed by atoms with Crippen LogP contribution in [-0.2, 0) is 9.32 Å². The molecule has 0 saturated carbocycles. The topological polar surface area (TPSA) is 26.3 Å². The van der Waals surface area contributed by atoms with E-state index in [4.69, 9.17) is 4.52 Å². The molecule has 23 heavy (non-hydrogen) atoms. The largest absolute Gasteiger partial charge is 0.348 e. The monoisotopic (exact) mass is 321 g/mol. The Balaban J connectivity index is 2.32. The van der Waals surface area contributed by atoms with Gasteiger partial charge in [-0.05, 0) is 36.4 Å². The molecule has 0 fully saturated rings. The molecule has 3 rings (SSSR count). The highest BCUT2D eigenvalue weighted by Gasteiger charge is 2.50. The molecule has 0 saturated heterocycles. The van der Waals surface area contributed by atoms with Crippen LogP contribution in [0.25, 0.3) is 0 Å². The van der Waals surface area contributed by atoms with Gasteiger partial charge in [0.15, 0.2) is 0 Å². The highest BCUT2D eigenvalue weighted by Crippen LogP contribution is 2.56. The standard InChI is InChI=1S/C20H18O2P/c1-17(21)22-23(18-11-5-2-6-12-18,19-13-7-3-8-14-19)20-15-9-4-10-16-20/h2-16H,1H3/q+1. The van der Waals surface area contributed by atoms with E-state index in [2.05, 4.69) is 0 Å². The summed E-state index contributed by atoms with van der Waals surface area (Å²) in [4.78, 5) is 12.0. The maximum atomic E-state index is 12.0. The van der Waals surface area contributed by atoms with Crippen molar-refractivity contribution < 1.29 is 9.32 Å². The van der Waals surface area contributed by atoms with Crippen LogP contribution in [0.2, 0.25) is 0 Å². The first-order valence-corrected chi connectivity index (χ1v) is 9.20. The summed E-state index contributed by atoms with van der Waals surface area (Å²) in [6.07, 6.45) is 0. The number of carbonyl (C=O) groups is 1. The number of hydrogen-bond donors (Lipinski definition) is 0. The molecule has 114 valence electrons. The molecule has 3 heteroatoms. The average molecular weight is 321 g/mol. The molecular formula is C20H18O2P+. The zero-order valence-corrected chi connectivity index (χ0v) is 13.8. The summed E-state index contributed by atoms with van der Waals surface area (Å²) >= 11 is 0. The van der Waals surface area contributed by atoms with Crippen LogP contribution in [-0.4, -0.2) is 5.97 Å². The van der Waals surface area contributed by atoms with Crippen LogP contribution in [0.4, 0.5) is 0 Å². The molecule has 0 aliphatic carbocycles. The van der Waals surface area contributed by atoms with Crippen LogP contribution in [0.1, 0.15) is 6.92 Å². The van der Waals surface area contributed by atoms with Crippen LogP contribution in [0.3, 0.4) is 0 Å². The summed E-state index contributed by atoms with van der Waals surface area (Å²) in [7, 11) is -2.46. The van der Waals surface area contributed by atoms with Crippen LogP contribution in [0.5, 0.6) is 0 Å². The third-order valence-electron chi connectivity index (χ3n) is 3.62. The molecule has 0 spiro atoms. The second-order valence-corrected chi connectivity index (χ2v) is 8.15. The van der Waals surface area contributed by atoms with Gasteiger partial charge in [0, 0.05) is 6.92 Å². The molecule has 0 atom stereocenters. The first-order chi connectivity index (χ1) is 11.2. The lowest BCUT2D eigenvalue weighted by Crippen LogP contribution is -2.33. The summed E-state index contributed by atoms with van der Waals surface area (Å²) in [6, 6.07) is 30.1. The number of benzene rings is 3. The molecule has 0 bridgehead atoms. The minimum absolute atomic E-state index is 0.269. The van der Waals surface area contributed by atoms with Crippen molar-refractivity contribution in [1.82, 2.24) is 0 Å². The van der Waals surface area contributed by atoms with E-state index in [0.29, 0.717) is 0 Å². The van der Waals surface area contributed by atoms with E-state index in [1.165, 1.54) is 6.92 Å². The maximum Gasteiger partial charge on any atom is 0.348 e. The Morgan fingerprint density at radius 3 is 1.22 bits per heavy atom. The summed E-state index contributed by atoms with van der Waals surface area (Å²) in [6.45, 7) is 1.48. The Labute approximate surface area is 137 Å². The minimum Gasteiger partial charge on any atom is -0.297 e. The van der Waals surface area contributed by atoms with Gasteiger partial charge in [-0.15, -0.1) is 0 Å². The second-order valence-electron chi connectivity index (χ2n) is 5.20. The normalized spacial score (nSPS) is 11.0. The number of carbonyl (C=O) groups excluding carboxylic acids is 1. The lowest BCUT2D eigenvalue weighted by molar-refractivity contribution is -0.131. The van der Waals surface area contributed by atoms with Gasteiger partial charge in [0.25, 0.3) is 7.49 Å². The quantitative estimate of drug-likeness (QED) is 0.688. The molecular weight excluding hydrogens is 303 g/mol. The van der Waals surface area contributed by atoms with Crippen molar-refractivity contribution in [1.29, 1.82) is 0 Å². The molecule has 0 heterocycles. The fourth-order valence-electron chi connectivity index (χ4n) is 2.71. The second kappa shape index (κ2) is 6.76. The molecule has 0 unspecified atom stereocenters. The van der Waals surface area contributed by atoms with E-state index < -0.39 is 7.49 Å². The van der Waals surface area contributed by atoms with E-state index in [9.17, 15) is 4.79 Å². The number of hydrogen-bond acceptors (Lipinski definition) is 2. The van der Waals surface area contributed by atoms with Gasteiger partial charge in [-0.3, -0.25) is 4.52 Å². The van der Waals surface area contributed by atoms with Crippen molar-refractivity contribution in [2.45, 2.75) is 6.92 Å². The molecule has 3 aromatic rings. The molecule has 0 aliphatic rings. The van der Waals surface area contributed by atoms with Gasteiger partial charge in [0.2, 0.25) is 0 Å². The fraction of sp³-hybridized carbons (Fsp3) is 0.0500. The van der Waals surface area contributed by atoms with E-state index in [1.807, 2.05) is 91.0 Å². The molecule has 3 aromatic carbocycles. The predicted molar refractivity (Wildman–Crippen MR) is 96.9 cm³/mol. The van der Waals surface area contributed by atoms with Crippen molar-refractivity contribution in [2.75, 3.05) is 0 Å². The van der Waals surface area contributed by atoms with E-state index >= 15 is 0 Å². The van der Waals surface area contributed by atoms with Gasteiger partial charge < -0.3 is 0 Å². The predicted octanol–water partition coefficient (Wildman–Crippen LogP) is 3.46.